The molecule has 2 aliphatic heterocycles. The van der Waals surface area contributed by atoms with Gasteiger partial charge in [-0.15, -0.1) is 23.1 Å². The summed E-state index contributed by atoms with van der Waals surface area (Å²) >= 11 is 3.55. The van der Waals surface area contributed by atoms with Gasteiger partial charge in [-0.05, 0) is 18.6 Å². The minimum atomic E-state index is -1.51. The van der Waals surface area contributed by atoms with Crippen molar-refractivity contribution in [2.45, 2.75) is 18.3 Å². The summed E-state index contributed by atoms with van der Waals surface area (Å²) in [5.41, 5.74) is 6.14. The molecule has 0 radical (unpaired) electrons. The number of aliphatic carboxylic acids is 1. The van der Waals surface area contributed by atoms with Crippen LogP contribution >= 0.6 is 34.6 Å². The number of imidazole rings is 1. The van der Waals surface area contributed by atoms with E-state index in [1.54, 1.807) is 24.7 Å². The van der Waals surface area contributed by atoms with Crippen molar-refractivity contribution in [3.8, 4) is 0 Å². The molecule has 0 unspecified atom stereocenters. The van der Waals surface area contributed by atoms with Crippen molar-refractivity contribution in [1.82, 2.24) is 29.0 Å². The van der Waals surface area contributed by atoms with Crippen molar-refractivity contribution in [2.75, 3.05) is 18.3 Å². The van der Waals surface area contributed by atoms with Crippen LogP contribution in [0.15, 0.2) is 35.0 Å². The Kier molecular flexibility index (Phi) is 8.53. The number of anilines is 1. The fourth-order valence-electron chi connectivity index (χ4n) is 3.82. The van der Waals surface area contributed by atoms with Gasteiger partial charge in [0.05, 0.1) is 17.9 Å². The van der Waals surface area contributed by atoms with Gasteiger partial charge < -0.3 is 25.8 Å². The number of hydrogen-bond donors (Lipinski definition) is 2. The molecular formula is C20H16FN8NaO5S3. The quantitative estimate of drug-likeness (QED) is 0.119. The molecule has 5 rings (SSSR count). The number of allylic oxidation sites excluding steroid dienone is 1. The molecule has 18 heteroatoms. The second-order valence-corrected chi connectivity index (χ2v) is 10.6. The standard InChI is InChI=1S/C20H17FN8O5S3.Na/c1-8-10(36-11-4-23-7-28(8)11)3-2-9-5-35-18-13(17(31)29(18)14(9)19(32)33)24-16(30)12(26-34-6-21)15-25-20(22)37-27-15;/h2-4,7,13,18H,5-6H2,1H3,(H,24,30)(H,32,33)(H2,22,25,27);/q;+1/p-1/b3-2+,26-12-;/t13-,18-;/m1./s1. The predicted octanol–water partition coefficient (Wildman–Crippen LogP) is -3.09. The third-order valence-corrected chi connectivity index (χ3v) is 8.53. The number of rotatable bonds is 8. The molecular weight excluding hydrogens is 570 g/mol. The number of aromatic nitrogens is 4. The first-order valence-corrected chi connectivity index (χ1v) is 13.1. The predicted molar refractivity (Wildman–Crippen MR) is 132 cm³/mol. The van der Waals surface area contributed by atoms with Crippen LogP contribution in [0.2, 0.25) is 0 Å². The number of nitrogens with one attached hydrogen (secondary N) is 1. The molecule has 38 heavy (non-hydrogen) atoms. The number of thioether (sulfide) groups is 1. The average molecular weight is 587 g/mol. The van der Waals surface area contributed by atoms with Gasteiger partial charge in [-0.1, -0.05) is 11.2 Å². The number of halogens is 1. The SMILES string of the molecule is Cc1c(/C=C/C2=C(C(=O)[O-])N3C(=O)[C@@H](NC(=O)/C(=N\OCF)c4nsc(N)n4)[C@H]3SC2)sc2cncn12.[Na+]. The first kappa shape index (κ1) is 28.2. The Balaban J connectivity index is 0.00000336. The Morgan fingerprint density at radius 2 is 2.21 bits per heavy atom. The van der Waals surface area contributed by atoms with Gasteiger partial charge in [0, 0.05) is 27.9 Å². The number of carbonyl (C=O) groups is 3. The zero-order chi connectivity index (χ0) is 26.3. The number of thiazole rings is 1. The van der Waals surface area contributed by atoms with Gasteiger partial charge in [0.2, 0.25) is 11.5 Å². The number of aryl methyl sites for hydroxylation is 1. The van der Waals surface area contributed by atoms with Gasteiger partial charge in [-0.2, -0.15) is 9.36 Å². The number of nitrogens with two attached hydrogens (primary N) is 1. The molecule has 5 heterocycles. The van der Waals surface area contributed by atoms with E-state index in [9.17, 15) is 23.9 Å². The first-order valence-electron chi connectivity index (χ1n) is 10.4. The molecule has 0 aromatic carbocycles. The van der Waals surface area contributed by atoms with E-state index in [4.69, 9.17) is 5.73 Å². The molecule has 0 bridgehead atoms. The summed E-state index contributed by atoms with van der Waals surface area (Å²) in [5.74, 6) is -3.02. The van der Waals surface area contributed by atoms with Gasteiger partial charge in [0.1, 0.15) is 22.6 Å². The number of amides is 2. The smallest absolute Gasteiger partial charge is 0.543 e. The van der Waals surface area contributed by atoms with Gasteiger partial charge in [0.15, 0.2) is 5.13 Å². The van der Waals surface area contributed by atoms with Crippen LogP contribution in [0.3, 0.4) is 0 Å². The maximum atomic E-state index is 12.9. The van der Waals surface area contributed by atoms with Crippen molar-refractivity contribution in [3.05, 3.63) is 46.3 Å². The van der Waals surface area contributed by atoms with Crippen molar-refractivity contribution in [3.63, 3.8) is 0 Å². The number of carbonyl (C=O) groups excluding carboxylic acids is 3. The number of nitrogens with zero attached hydrogens (tertiary/aromatic N) is 6. The minimum Gasteiger partial charge on any atom is -0.543 e. The molecule has 2 atom stereocenters. The fraction of sp³-hybridized carbons (Fsp3) is 0.250. The van der Waals surface area contributed by atoms with Crippen molar-refractivity contribution >= 4 is 74.2 Å². The number of fused-ring (bicyclic) bond motifs is 2. The van der Waals surface area contributed by atoms with Crippen LogP contribution in [0.25, 0.3) is 10.9 Å². The Morgan fingerprint density at radius 3 is 2.87 bits per heavy atom. The molecule has 3 N–H and O–H groups in total. The number of alkyl halides is 1. The maximum Gasteiger partial charge on any atom is 1.00 e. The second-order valence-electron chi connectivity index (χ2n) is 7.64. The van der Waals surface area contributed by atoms with Crippen LogP contribution in [0, 0.1) is 6.92 Å². The Morgan fingerprint density at radius 1 is 1.42 bits per heavy atom. The van der Waals surface area contributed by atoms with Crippen molar-refractivity contribution in [2.24, 2.45) is 5.16 Å². The monoisotopic (exact) mass is 586 g/mol. The first-order chi connectivity index (χ1) is 17.8. The fourth-order valence-corrected chi connectivity index (χ4v) is 6.58. The van der Waals surface area contributed by atoms with E-state index in [2.05, 4.69) is 29.7 Å². The second kappa shape index (κ2) is 11.5. The van der Waals surface area contributed by atoms with Crippen molar-refractivity contribution < 1.29 is 58.3 Å². The van der Waals surface area contributed by atoms with E-state index in [1.165, 1.54) is 23.1 Å². The van der Waals surface area contributed by atoms with E-state index in [1.807, 2.05) is 11.3 Å². The minimum absolute atomic E-state index is 0. The van der Waals surface area contributed by atoms with E-state index < -0.39 is 41.8 Å². The number of oxime groups is 1. The Labute approximate surface area is 248 Å². The van der Waals surface area contributed by atoms with Crippen LogP contribution in [-0.4, -0.2) is 71.2 Å². The van der Waals surface area contributed by atoms with E-state index in [0.29, 0.717) is 5.57 Å². The molecule has 2 amide bonds. The summed E-state index contributed by atoms with van der Waals surface area (Å²) in [5, 5.41) is 17.2. The summed E-state index contributed by atoms with van der Waals surface area (Å²) in [4.78, 5) is 53.0. The molecule has 3 aromatic rings. The molecule has 2 aliphatic rings. The van der Waals surface area contributed by atoms with Crippen LogP contribution in [-0.2, 0) is 19.2 Å². The summed E-state index contributed by atoms with van der Waals surface area (Å²) in [6, 6.07) is -1.07. The van der Waals surface area contributed by atoms with Gasteiger partial charge >= 0.3 is 29.6 Å². The zero-order valence-electron chi connectivity index (χ0n) is 19.8. The zero-order valence-corrected chi connectivity index (χ0v) is 24.2. The molecule has 13 nitrogen and oxygen atoms in total. The number of nitrogen functional groups attached to an aromatic ring is 1. The average Bonchev–Trinajstić information content (AvgIpc) is 3.59. The topological polar surface area (TPSA) is 180 Å². The van der Waals surface area contributed by atoms with Crippen LogP contribution in [0.5, 0.6) is 0 Å². The van der Waals surface area contributed by atoms with Crippen LogP contribution < -0.4 is 45.7 Å². The molecule has 3 aromatic heterocycles. The molecule has 0 aliphatic carbocycles. The van der Waals surface area contributed by atoms with E-state index in [-0.39, 0.29) is 52.0 Å². The van der Waals surface area contributed by atoms with E-state index in [0.717, 1.165) is 31.8 Å². The number of carboxylic acid groups (broad SMARTS) is 1. The third-order valence-electron chi connectivity index (χ3n) is 5.52. The molecule has 1 fully saturated rings. The largest absolute Gasteiger partial charge is 1.00 e. The number of β-lactam (4-membered cyclic amide) rings is 1. The van der Waals surface area contributed by atoms with Crippen molar-refractivity contribution in [1.29, 1.82) is 0 Å². The van der Waals surface area contributed by atoms with Crippen LogP contribution in [0.1, 0.15) is 16.4 Å². The third kappa shape index (κ3) is 5.08. The Hall–Kier alpha value is -2.83. The summed E-state index contributed by atoms with van der Waals surface area (Å²) in [6.45, 7) is 0.613. The molecule has 0 spiro atoms. The van der Waals surface area contributed by atoms with E-state index >= 15 is 0 Å². The maximum absolute atomic E-state index is 12.9. The van der Waals surface area contributed by atoms with Gasteiger partial charge in [-0.3, -0.25) is 18.9 Å². The summed E-state index contributed by atoms with van der Waals surface area (Å²) in [6.07, 6.45) is 6.86. The number of carboxylic acids is 1. The van der Waals surface area contributed by atoms with Crippen LogP contribution in [0.4, 0.5) is 9.52 Å². The summed E-state index contributed by atoms with van der Waals surface area (Å²) < 4.78 is 18.3. The summed E-state index contributed by atoms with van der Waals surface area (Å²) in [7, 11) is 0. The van der Waals surface area contributed by atoms with Gasteiger partial charge in [0.25, 0.3) is 18.7 Å². The Bertz CT molecular complexity index is 1510. The molecule has 0 saturated carbocycles. The molecule has 1 saturated heterocycles. The van der Waals surface area contributed by atoms with Gasteiger partial charge in [-0.25, -0.2) is 9.37 Å². The normalized spacial score (nSPS) is 19.4. The number of hydrogen-bond acceptors (Lipinski definition) is 13. The molecule has 192 valence electrons.